The van der Waals surface area contributed by atoms with Gasteiger partial charge in [0.25, 0.3) is 5.91 Å². The number of likely N-dealkylation sites (tertiary alicyclic amines) is 1. The molecule has 2 aliphatic heterocycles. The lowest BCUT2D eigenvalue weighted by Gasteiger charge is -2.39. The van der Waals surface area contributed by atoms with Crippen molar-refractivity contribution in [1.29, 1.82) is 0 Å². The smallest absolute Gasteiger partial charge is 0.255 e. The highest BCUT2D eigenvalue weighted by Crippen LogP contribution is 2.33. The van der Waals surface area contributed by atoms with Gasteiger partial charge < -0.3 is 9.64 Å². The first-order valence-electron chi connectivity index (χ1n) is 9.13. The lowest BCUT2D eigenvalue weighted by molar-refractivity contribution is 0.0510. The van der Waals surface area contributed by atoms with Gasteiger partial charge in [-0.1, -0.05) is 23.2 Å². The van der Waals surface area contributed by atoms with E-state index in [0.29, 0.717) is 13.2 Å². The van der Waals surface area contributed by atoms with Crippen molar-refractivity contribution in [2.75, 3.05) is 26.3 Å². The van der Waals surface area contributed by atoms with Crippen LogP contribution in [-0.2, 0) is 14.8 Å². The third kappa shape index (κ3) is 4.12. The number of rotatable bonds is 3. The maximum absolute atomic E-state index is 13.2. The minimum Gasteiger partial charge on any atom is -0.379 e. The first-order chi connectivity index (χ1) is 12.7. The van der Waals surface area contributed by atoms with E-state index in [1.165, 1.54) is 16.4 Å². The molecule has 1 aromatic carbocycles. The van der Waals surface area contributed by atoms with Crippen LogP contribution in [0.3, 0.4) is 0 Å². The summed E-state index contributed by atoms with van der Waals surface area (Å²) in [7, 11) is -3.83. The van der Waals surface area contributed by atoms with Crippen molar-refractivity contribution >= 4 is 39.1 Å². The summed E-state index contributed by atoms with van der Waals surface area (Å²) in [6.45, 7) is 5.18. The molecule has 2 atom stereocenters. The Labute approximate surface area is 170 Å². The predicted molar refractivity (Wildman–Crippen MR) is 105 cm³/mol. The van der Waals surface area contributed by atoms with Crippen LogP contribution in [0.15, 0.2) is 17.0 Å². The van der Waals surface area contributed by atoms with E-state index in [0.717, 1.165) is 19.3 Å². The van der Waals surface area contributed by atoms with Crippen LogP contribution in [0, 0.1) is 0 Å². The molecule has 0 bridgehead atoms. The molecule has 0 aliphatic carbocycles. The predicted octanol–water partition coefficient (Wildman–Crippen LogP) is 3.42. The summed E-state index contributed by atoms with van der Waals surface area (Å²) in [6.07, 6.45) is 2.90. The molecule has 0 aromatic heterocycles. The van der Waals surface area contributed by atoms with Crippen LogP contribution < -0.4 is 0 Å². The Morgan fingerprint density at radius 3 is 2.26 bits per heavy atom. The summed E-state index contributed by atoms with van der Waals surface area (Å²) in [5.74, 6) is -0.255. The molecule has 2 fully saturated rings. The van der Waals surface area contributed by atoms with Crippen LogP contribution in [0.5, 0.6) is 0 Å². The SMILES string of the molecule is C[C@@H]1CCC[C@@H](C)N1C(=O)c1cc(S(=O)(=O)N2CCOCC2)c(Cl)cc1Cl. The van der Waals surface area contributed by atoms with Gasteiger partial charge in [-0.2, -0.15) is 4.31 Å². The van der Waals surface area contributed by atoms with Gasteiger partial charge in [-0.3, -0.25) is 4.79 Å². The molecule has 150 valence electrons. The van der Waals surface area contributed by atoms with Crippen molar-refractivity contribution in [1.82, 2.24) is 9.21 Å². The number of amides is 1. The fourth-order valence-electron chi connectivity index (χ4n) is 3.78. The quantitative estimate of drug-likeness (QED) is 0.730. The third-order valence-corrected chi connectivity index (χ3v) is 7.94. The first kappa shape index (κ1) is 20.9. The number of halogens is 2. The number of sulfonamides is 1. The van der Waals surface area contributed by atoms with Gasteiger partial charge in [-0.25, -0.2) is 8.42 Å². The Kier molecular flexibility index (Phi) is 6.37. The summed E-state index contributed by atoms with van der Waals surface area (Å²) in [5.41, 5.74) is 0.175. The number of ether oxygens (including phenoxy) is 1. The zero-order chi connectivity index (χ0) is 19.8. The van der Waals surface area contributed by atoms with E-state index in [1.807, 2.05) is 13.8 Å². The Morgan fingerprint density at radius 1 is 1.07 bits per heavy atom. The molecular formula is C18H24Cl2N2O4S. The van der Waals surface area contributed by atoms with Crippen LogP contribution in [-0.4, -0.2) is 61.9 Å². The van der Waals surface area contributed by atoms with Crippen LogP contribution in [0.25, 0.3) is 0 Å². The van der Waals surface area contributed by atoms with Crippen molar-refractivity contribution in [3.05, 3.63) is 27.7 Å². The number of carbonyl (C=O) groups is 1. The van der Waals surface area contributed by atoms with Crippen LogP contribution in [0.2, 0.25) is 10.0 Å². The van der Waals surface area contributed by atoms with E-state index in [1.54, 1.807) is 4.90 Å². The number of hydrogen-bond acceptors (Lipinski definition) is 4. The molecule has 1 aromatic rings. The number of carbonyl (C=O) groups excluding carboxylic acids is 1. The number of benzene rings is 1. The number of piperidine rings is 1. The van der Waals surface area contributed by atoms with Crippen molar-refractivity contribution in [2.45, 2.75) is 50.1 Å². The molecule has 3 rings (SSSR count). The van der Waals surface area contributed by atoms with E-state index in [2.05, 4.69) is 0 Å². The maximum Gasteiger partial charge on any atom is 0.255 e. The average molecular weight is 435 g/mol. The number of hydrogen-bond donors (Lipinski definition) is 0. The maximum atomic E-state index is 13.2. The molecule has 0 radical (unpaired) electrons. The van der Waals surface area contributed by atoms with E-state index in [4.69, 9.17) is 27.9 Å². The van der Waals surface area contributed by atoms with Crippen molar-refractivity contribution in [2.24, 2.45) is 0 Å². The third-order valence-electron chi connectivity index (χ3n) is 5.27. The van der Waals surface area contributed by atoms with E-state index >= 15 is 0 Å². The van der Waals surface area contributed by atoms with Gasteiger partial charge in [-0.05, 0) is 45.2 Å². The molecule has 2 saturated heterocycles. The summed E-state index contributed by atoms with van der Waals surface area (Å²) in [5, 5.41) is 0.179. The summed E-state index contributed by atoms with van der Waals surface area (Å²) < 4.78 is 32.6. The first-order valence-corrected chi connectivity index (χ1v) is 11.3. The summed E-state index contributed by atoms with van der Waals surface area (Å²) >= 11 is 12.5. The highest BCUT2D eigenvalue weighted by molar-refractivity contribution is 7.89. The highest BCUT2D eigenvalue weighted by Gasteiger charge is 2.34. The Bertz CT molecular complexity index is 815. The van der Waals surface area contributed by atoms with Crippen LogP contribution in [0.4, 0.5) is 0 Å². The zero-order valence-corrected chi connectivity index (χ0v) is 17.8. The van der Waals surface area contributed by atoms with E-state index in [9.17, 15) is 13.2 Å². The lowest BCUT2D eigenvalue weighted by Crippen LogP contribution is -2.47. The van der Waals surface area contributed by atoms with Crippen molar-refractivity contribution < 1.29 is 17.9 Å². The second-order valence-corrected chi connectivity index (χ2v) is 9.84. The van der Waals surface area contributed by atoms with Crippen LogP contribution in [0.1, 0.15) is 43.5 Å². The Hall–Kier alpha value is -0.860. The summed E-state index contributed by atoms with van der Waals surface area (Å²) in [4.78, 5) is 14.9. The standard InChI is InChI=1S/C18H24Cl2N2O4S/c1-12-4-3-5-13(2)22(12)18(23)14-10-17(16(20)11-15(14)19)27(24,25)21-6-8-26-9-7-21/h10-13H,3-9H2,1-2H3/t12-,13-/m1/s1. The van der Waals surface area contributed by atoms with Crippen molar-refractivity contribution in [3.63, 3.8) is 0 Å². The van der Waals surface area contributed by atoms with Gasteiger partial charge in [0.15, 0.2) is 0 Å². The van der Waals surface area contributed by atoms with Gasteiger partial charge in [0.05, 0.1) is 28.8 Å². The normalized spacial score (nSPS) is 24.8. The molecule has 9 heteroatoms. The monoisotopic (exact) mass is 434 g/mol. The minimum atomic E-state index is -3.83. The molecule has 6 nitrogen and oxygen atoms in total. The van der Waals surface area contributed by atoms with Gasteiger partial charge >= 0.3 is 0 Å². The molecule has 27 heavy (non-hydrogen) atoms. The second-order valence-electron chi connectivity index (χ2n) is 7.12. The van der Waals surface area contributed by atoms with Gasteiger partial charge in [0, 0.05) is 25.2 Å². The lowest BCUT2D eigenvalue weighted by atomic mass is 9.96. The van der Waals surface area contributed by atoms with Gasteiger partial charge in [0.2, 0.25) is 10.0 Å². The topological polar surface area (TPSA) is 66.9 Å². The van der Waals surface area contributed by atoms with Crippen LogP contribution >= 0.6 is 23.2 Å². The molecule has 1 amide bonds. The van der Waals surface area contributed by atoms with E-state index < -0.39 is 10.0 Å². The number of morpholine rings is 1. The zero-order valence-electron chi connectivity index (χ0n) is 15.5. The molecular weight excluding hydrogens is 411 g/mol. The molecule has 2 aliphatic rings. The molecule has 2 heterocycles. The fourth-order valence-corrected chi connectivity index (χ4v) is 6.01. The molecule has 0 saturated carbocycles. The molecule has 0 spiro atoms. The largest absolute Gasteiger partial charge is 0.379 e. The van der Waals surface area contributed by atoms with E-state index in [-0.39, 0.29) is 51.6 Å². The molecule has 0 unspecified atom stereocenters. The fraction of sp³-hybridized carbons (Fsp3) is 0.611. The van der Waals surface area contributed by atoms with Gasteiger partial charge in [-0.15, -0.1) is 0 Å². The van der Waals surface area contributed by atoms with Gasteiger partial charge in [0.1, 0.15) is 4.90 Å². The second kappa shape index (κ2) is 8.25. The Balaban J connectivity index is 2.00. The minimum absolute atomic E-state index is 0.0165. The van der Waals surface area contributed by atoms with Crippen molar-refractivity contribution in [3.8, 4) is 0 Å². The Morgan fingerprint density at radius 2 is 1.67 bits per heavy atom. The molecule has 0 N–H and O–H groups in total. The highest BCUT2D eigenvalue weighted by atomic mass is 35.5. The average Bonchev–Trinajstić information content (AvgIpc) is 2.62. The summed E-state index contributed by atoms with van der Waals surface area (Å²) in [6, 6.07) is 2.83. The number of nitrogens with zero attached hydrogens (tertiary/aromatic N) is 2.